The van der Waals surface area contributed by atoms with Gasteiger partial charge in [-0.3, -0.25) is 0 Å². The zero-order valence-corrected chi connectivity index (χ0v) is 23.4. The molecule has 9 aromatic rings. The van der Waals surface area contributed by atoms with E-state index >= 15 is 0 Å². The lowest BCUT2D eigenvalue weighted by atomic mass is 9.83. The molecule has 43 heavy (non-hydrogen) atoms. The van der Waals surface area contributed by atoms with Crippen LogP contribution in [0.15, 0.2) is 162 Å². The summed E-state index contributed by atoms with van der Waals surface area (Å²) in [5.74, 6) is 0. The van der Waals surface area contributed by atoms with Crippen LogP contribution in [0.4, 0.5) is 0 Å². The highest BCUT2D eigenvalue weighted by molar-refractivity contribution is 6.27. The second kappa shape index (κ2) is 9.44. The van der Waals surface area contributed by atoms with Gasteiger partial charge >= 0.3 is 0 Å². The maximum Gasteiger partial charge on any atom is 0.143 e. The minimum Gasteiger partial charge on any atom is -0.455 e. The molecule has 0 aliphatic carbocycles. The third kappa shape index (κ3) is 3.58. The van der Waals surface area contributed by atoms with Crippen LogP contribution in [0.1, 0.15) is 0 Å². The zero-order chi connectivity index (χ0) is 28.3. The highest BCUT2D eigenvalue weighted by atomic mass is 16.3. The van der Waals surface area contributed by atoms with Crippen molar-refractivity contribution >= 4 is 54.3 Å². The number of hydrogen-bond acceptors (Lipinski definition) is 1. The SMILES string of the molecule is c1ccc(-c2ccccc2-c2c3ccccc3c(-c3cccc4oc5c6ccccc6ccc5c34)c3ccccc23)cc1. The standard InChI is InChI=1S/C42H26O/c1-2-13-27(14-3-1)29-16-6-7-18-31(29)39-32-19-8-10-21-34(32)40(35-22-11-9-20-33(35)39)36-23-12-24-38-41(36)37-26-25-28-15-4-5-17-30(28)42(37)43-38/h1-26H. The Hall–Kier alpha value is -5.66. The van der Waals surface area contributed by atoms with Crippen LogP contribution < -0.4 is 0 Å². The Labute approximate surface area is 249 Å². The minimum absolute atomic E-state index is 0.913. The molecule has 0 aliphatic heterocycles. The third-order valence-corrected chi connectivity index (χ3v) is 8.87. The van der Waals surface area contributed by atoms with Gasteiger partial charge in [0.2, 0.25) is 0 Å². The minimum atomic E-state index is 0.913. The van der Waals surface area contributed by atoms with Gasteiger partial charge in [0, 0.05) is 16.2 Å². The molecule has 0 N–H and O–H groups in total. The molecule has 8 aromatic carbocycles. The number of furan rings is 1. The van der Waals surface area contributed by atoms with Crippen molar-refractivity contribution in [2.45, 2.75) is 0 Å². The van der Waals surface area contributed by atoms with Crippen LogP contribution in [0.5, 0.6) is 0 Å². The molecular weight excluding hydrogens is 520 g/mol. The summed E-state index contributed by atoms with van der Waals surface area (Å²) >= 11 is 0. The molecule has 200 valence electrons. The molecule has 0 aliphatic rings. The van der Waals surface area contributed by atoms with E-state index in [0.29, 0.717) is 0 Å². The average Bonchev–Trinajstić information content (AvgIpc) is 3.47. The summed E-state index contributed by atoms with van der Waals surface area (Å²) in [7, 11) is 0. The summed E-state index contributed by atoms with van der Waals surface area (Å²) in [5, 5.41) is 9.61. The molecule has 0 spiro atoms. The van der Waals surface area contributed by atoms with Gasteiger partial charge in [0.1, 0.15) is 11.2 Å². The first kappa shape index (κ1) is 24.0. The molecule has 1 heterocycles. The Morgan fingerprint density at radius 2 is 0.860 bits per heavy atom. The largest absolute Gasteiger partial charge is 0.455 e. The van der Waals surface area contributed by atoms with Crippen molar-refractivity contribution in [2.24, 2.45) is 0 Å². The van der Waals surface area contributed by atoms with E-state index in [0.717, 1.165) is 27.3 Å². The van der Waals surface area contributed by atoms with Crippen molar-refractivity contribution in [3.05, 3.63) is 158 Å². The van der Waals surface area contributed by atoms with E-state index < -0.39 is 0 Å². The van der Waals surface area contributed by atoms with Crippen LogP contribution in [-0.2, 0) is 0 Å². The van der Waals surface area contributed by atoms with Gasteiger partial charge in [-0.25, -0.2) is 0 Å². The monoisotopic (exact) mass is 546 g/mol. The van der Waals surface area contributed by atoms with E-state index in [1.165, 1.54) is 60.3 Å². The topological polar surface area (TPSA) is 13.1 Å². The molecule has 0 fully saturated rings. The number of benzene rings is 8. The van der Waals surface area contributed by atoms with Gasteiger partial charge < -0.3 is 4.42 Å². The Bertz CT molecular complexity index is 2440. The highest BCUT2D eigenvalue weighted by Gasteiger charge is 2.21. The Kier molecular flexibility index (Phi) is 5.27. The van der Waals surface area contributed by atoms with Crippen molar-refractivity contribution in [3.63, 3.8) is 0 Å². The van der Waals surface area contributed by atoms with Gasteiger partial charge in [-0.15, -0.1) is 0 Å². The maximum atomic E-state index is 6.61. The molecule has 0 radical (unpaired) electrons. The van der Waals surface area contributed by atoms with E-state index in [-0.39, 0.29) is 0 Å². The summed E-state index contributed by atoms with van der Waals surface area (Å²) in [6.45, 7) is 0. The van der Waals surface area contributed by atoms with Gasteiger partial charge in [-0.1, -0.05) is 146 Å². The van der Waals surface area contributed by atoms with E-state index in [1.54, 1.807) is 0 Å². The Morgan fingerprint density at radius 1 is 0.326 bits per heavy atom. The summed E-state index contributed by atoms with van der Waals surface area (Å²) in [5.41, 5.74) is 9.27. The Morgan fingerprint density at radius 3 is 1.56 bits per heavy atom. The van der Waals surface area contributed by atoms with Crippen LogP contribution in [0.2, 0.25) is 0 Å². The van der Waals surface area contributed by atoms with Crippen LogP contribution in [0.25, 0.3) is 87.6 Å². The molecular formula is C42H26O. The average molecular weight is 547 g/mol. The lowest BCUT2D eigenvalue weighted by Crippen LogP contribution is -1.93. The van der Waals surface area contributed by atoms with Crippen molar-refractivity contribution in [2.75, 3.05) is 0 Å². The van der Waals surface area contributed by atoms with Crippen LogP contribution in [0.3, 0.4) is 0 Å². The van der Waals surface area contributed by atoms with Crippen molar-refractivity contribution in [1.29, 1.82) is 0 Å². The van der Waals surface area contributed by atoms with Crippen molar-refractivity contribution < 1.29 is 4.42 Å². The summed E-state index contributed by atoms with van der Waals surface area (Å²) in [6, 6.07) is 56.7. The third-order valence-electron chi connectivity index (χ3n) is 8.87. The molecule has 1 heteroatoms. The predicted molar refractivity (Wildman–Crippen MR) is 183 cm³/mol. The van der Waals surface area contributed by atoms with E-state index in [2.05, 4.69) is 158 Å². The number of hydrogen-bond donors (Lipinski definition) is 0. The molecule has 1 nitrogen and oxygen atoms in total. The van der Waals surface area contributed by atoms with Crippen molar-refractivity contribution in [1.82, 2.24) is 0 Å². The number of fused-ring (bicyclic) bond motifs is 7. The fraction of sp³-hybridized carbons (Fsp3) is 0. The van der Waals surface area contributed by atoms with Crippen LogP contribution in [-0.4, -0.2) is 0 Å². The first-order valence-corrected chi connectivity index (χ1v) is 14.8. The van der Waals surface area contributed by atoms with Crippen LogP contribution >= 0.6 is 0 Å². The fourth-order valence-electron chi connectivity index (χ4n) is 7.04. The summed E-state index contributed by atoms with van der Waals surface area (Å²) < 4.78 is 6.61. The zero-order valence-electron chi connectivity index (χ0n) is 23.4. The summed E-state index contributed by atoms with van der Waals surface area (Å²) in [4.78, 5) is 0. The quantitative estimate of drug-likeness (QED) is 0.201. The van der Waals surface area contributed by atoms with Crippen LogP contribution in [0, 0.1) is 0 Å². The lowest BCUT2D eigenvalue weighted by Gasteiger charge is -2.20. The molecule has 0 saturated heterocycles. The van der Waals surface area contributed by atoms with E-state index in [9.17, 15) is 0 Å². The normalized spacial score (nSPS) is 11.7. The smallest absolute Gasteiger partial charge is 0.143 e. The molecule has 9 rings (SSSR count). The first-order valence-electron chi connectivity index (χ1n) is 14.8. The van der Waals surface area contributed by atoms with Gasteiger partial charge in [0.25, 0.3) is 0 Å². The fourth-order valence-corrected chi connectivity index (χ4v) is 7.04. The first-order chi connectivity index (χ1) is 21.4. The molecule has 0 unspecified atom stereocenters. The Balaban J connectivity index is 1.43. The second-order valence-corrected chi connectivity index (χ2v) is 11.2. The van der Waals surface area contributed by atoms with Gasteiger partial charge in [0.05, 0.1) is 0 Å². The molecule has 0 amide bonds. The van der Waals surface area contributed by atoms with Gasteiger partial charge in [-0.2, -0.15) is 0 Å². The van der Waals surface area contributed by atoms with Gasteiger partial charge in [0.15, 0.2) is 0 Å². The van der Waals surface area contributed by atoms with Crippen molar-refractivity contribution in [3.8, 4) is 33.4 Å². The molecule has 0 atom stereocenters. The molecule has 0 bridgehead atoms. The molecule has 0 saturated carbocycles. The summed E-state index contributed by atoms with van der Waals surface area (Å²) in [6.07, 6.45) is 0. The molecule has 1 aromatic heterocycles. The number of rotatable bonds is 3. The lowest BCUT2D eigenvalue weighted by molar-refractivity contribution is 0.673. The predicted octanol–water partition coefficient (Wildman–Crippen LogP) is 12.0. The highest BCUT2D eigenvalue weighted by Crippen LogP contribution is 2.48. The van der Waals surface area contributed by atoms with E-state index in [4.69, 9.17) is 4.42 Å². The second-order valence-electron chi connectivity index (χ2n) is 11.2. The maximum absolute atomic E-state index is 6.61. The van der Waals surface area contributed by atoms with Gasteiger partial charge in [-0.05, 0) is 72.4 Å². The van der Waals surface area contributed by atoms with E-state index in [1.807, 2.05) is 0 Å².